The lowest BCUT2D eigenvalue weighted by Crippen LogP contribution is -2.17. The molecule has 0 atom stereocenters. The van der Waals surface area contributed by atoms with E-state index in [9.17, 15) is 0 Å². The topological polar surface area (TPSA) is 6.48 Å². The first-order valence-electron chi connectivity index (χ1n) is 27.8. The minimum atomic E-state index is -0.186. The standard InChI is InChI=1S/C76H70N2/c1-47-31-48(2)36-61(35-47)77(62-37-49(3)32-50(4)38-62)59-25-29-69-67-27-19-55(43-71(67)75(9,10)73(69)45-59)17-21-57-23-24-58(66-16-14-13-15-65(57)66)22-18-56-20-28-68-70-30-26-60(46-74(70)76(11,12)72(68)44-56)78(63-39-51(5)33-52(6)40-63)64-41-53(7)34-54(8)42-64/h13-46H,1-12H3/b21-17+,22-18+. The summed E-state index contributed by atoms with van der Waals surface area (Å²) in [5.41, 5.74) is 32.4. The molecule has 2 aliphatic rings. The van der Waals surface area contributed by atoms with Crippen molar-refractivity contribution in [1.82, 2.24) is 0 Å². The van der Waals surface area contributed by atoms with Gasteiger partial charge in [-0.3, -0.25) is 0 Å². The van der Waals surface area contributed by atoms with Crippen LogP contribution in [0, 0.1) is 55.4 Å². The summed E-state index contributed by atoms with van der Waals surface area (Å²) in [7, 11) is 0. The summed E-state index contributed by atoms with van der Waals surface area (Å²) < 4.78 is 0. The number of nitrogens with zero attached hydrogens (tertiary/aromatic N) is 2. The molecule has 0 aromatic heterocycles. The Bertz CT molecular complexity index is 3690. The van der Waals surface area contributed by atoms with Gasteiger partial charge in [-0.1, -0.05) is 161 Å². The third-order valence-electron chi connectivity index (χ3n) is 16.6. The van der Waals surface area contributed by atoms with Gasteiger partial charge >= 0.3 is 0 Å². The van der Waals surface area contributed by atoms with Crippen LogP contribution >= 0.6 is 0 Å². The molecule has 0 fully saturated rings. The predicted octanol–water partition coefficient (Wildman–Crippen LogP) is 21.2. The Morgan fingerprint density at radius 2 is 0.551 bits per heavy atom. The van der Waals surface area contributed by atoms with Crippen LogP contribution in [0.1, 0.15) is 117 Å². The number of aryl methyl sites for hydroxylation is 8. The van der Waals surface area contributed by atoms with Gasteiger partial charge in [0.15, 0.2) is 0 Å². The van der Waals surface area contributed by atoms with Crippen molar-refractivity contribution < 1.29 is 0 Å². The third-order valence-corrected chi connectivity index (χ3v) is 16.6. The van der Waals surface area contributed by atoms with Crippen LogP contribution in [0.3, 0.4) is 0 Å². The quantitative estimate of drug-likeness (QED) is 0.126. The highest BCUT2D eigenvalue weighted by Gasteiger charge is 2.38. The number of rotatable bonds is 10. The summed E-state index contributed by atoms with van der Waals surface area (Å²) in [5.74, 6) is 0. The third kappa shape index (κ3) is 9.07. The van der Waals surface area contributed by atoms with Gasteiger partial charge in [0.2, 0.25) is 0 Å². The Labute approximate surface area is 463 Å². The van der Waals surface area contributed by atoms with Crippen molar-refractivity contribution in [2.75, 3.05) is 9.80 Å². The summed E-state index contributed by atoms with van der Waals surface area (Å²) in [6.45, 7) is 27.1. The maximum absolute atomic E-state index is 2.44. The van der Waals surface area contributed by atoms with E-state index >= 15 is 0 Å². The Morgan fingerprint density at radius 3 is 0.859 bits per heavy atom. The van der Waals surface area contributed by atoms with Crippen LogP contribution < -0.4 is 9.80 Å². The molecule has 78 heavy (non-hydrogen) atoms. The van der Waals surface area contributed by atoms with Gasteiger partial charge in [-0.15, -0.1) is 0 Å². The molecule has 10 aromatic carbocycles. The summed E-state index contributed by atoms with van der Waals surface area (Å²) >= 11 is 0. The zero-order valence-electron chi connectivity index (χ0n) is 47.5. The van der Waals surface area contributed by atoms with Crippen LogP contribution in [-0.4, -0.2) is 0 Å². The van der Waals surface area contributed by atoms with Gasteiger partial charge in [-0.25, -0.2) is 0 Å². The number of benzene rings is 10. The molecule has 0 spiro atoms. The Morgan fingerprint density at radius 1 is 0.269 bits per heavy atom. The molecule has 2 nitrogen and oxygen atoms in total. The van der Waals surface area contributed by atoms with Crippen molar-refractivity contribution in [3.63, 3.8) is 0 Å². The average molecular weight is 1010 g/mol. The molecule has 0 saturated carbocycles. The van der Waals surface area contributed by atoms with Crippen LogP contribution in [0.15, 0.2) is 182 Å². The second kappa shape index (κ2) is 19.2. The molecule has 0 N–H and O–H groups in total. The first-order valence-corrected chi connectivity index (χ1v) is 27.8. The second-order valence-electron chi connectivity index (χ2n) is 23.8. The van der Waals surface area contributed by atoms with Gasteiger partial charge in [0, 0.05) is 45.0 Å². The highest BCUT2D eigenvalue weighted by atomic mass is 15.1. The highest BCUT2D eigenvalue weighted by molar-refractivity contribution is 6.00. The Hall–Kier alpha value is -8.46. The van der Waals surface area contributed by atoms with Crippen molar-refractivity contribution in [3.8, 4) is 22.3 Å². The van der Waals surface area contributed by atoms with Gasteiger partial charge in [0.1, 0.15) is 0 Å². The minimum Gasteiger partial charge on any atom is -0.310 e. The van der Waals surface area contributed by atoms with Gasteiger partial charge in [0.25, 0.3) is 0 Å². The molecule has 0 aliphatic heterocycles. The van der Waals surface area contributed by atoms with Crippen LogP contribution in [-0.2, 0) is 10.8 Å². The SMILES string of the molecule is Cc1cc(C)cc(N(c2cc(C)cc(C)c2)c2ccc3c(c2)C(C)(C)c2cc(/C=C/c4ccc(/C=C/c5ccc6c(c5)C(C)(C)c5cc(N(c7cc(C)cc(C)c7)c7cc(C)cc(C)c7)ccc5-6)c5ccccc45)ccc2-3)c1. The summed E-state index contributed by atoms with van der Waals surface area (Å²) in [4.78, 5) is 4.88. The largest absolute Gasteiger partial charge is 0.310 e. The molecule has 384 valence electrons. The minimum absolute atomic E-state index is 0.186. The maximum Gasteiger partial charge on any atom is 0.0466 e. The van der Waals surface area contributed by atoms with Crippen molar-refractivity contribution >= 4 is 69.2 Å². The molecule has 0 amide bonds. The van der Waals surface area contributed by atoms with Crippen molar-refractivity contribution in [2.45, 2.75) is 93.9 Å². The smallest absolute Gasteiger partial charge is 0.0466 e. The second-order valence-corrected chi connectivity index (χ2v) is 23.8. The molecule has 2 aliphatic carbocycles. The van der Waals surface area contributed by atoms with E-state index in [0.29, 0.717) is 0 Å². The van der Waals surface area contributed by atoms with E-state index in [1.807, 2.05) is 0 Å². The van der Waals surface area contributed by atoms with Crippen molar-refractivity contribution in [2.24, 2.45) is 0 Å². The summed E-state index contributed by atoms with van der Waals surface area (Å²) in [6, 6.07) is 69.2. The molecular weight excluding hydrogens is 941 g/mol. The van der Waals surface area contributed by atoms with E-state index in [0.717, 1.165) is 0 Å². The average Bonchev–Trinajstić information content (AvgIpc) is 3.84. The van der Waals surface area contributed by atoms with Crippen LogP contribution in [0.4, 0.5) is 34.1 Å². The monoisotopic (exact) mass is 1010 g/mol. The molecule has 0 unspecified atom stereocenters. The summed E-state index contributed by atoms with van der Waals surface area (Å²) in [5, 5.41) is 2.48. The number of fused-ring (bicyclic) bond motifs is 7. The zero-order chi connectivity index (χ0) is 54.4. The summed E-state index contributed by atoms with van der Waals surface area (Å²) in [6.07, 6.45) is 9.18. The predicted molar refractivity (Wildman–Crippen MR) is 337 cm³/mol. The van der Waals surface area contributed by atoms with Crippen molar-refractivity contribution in [1.29, 1.82) is 0 Å². The van der Waals surface area contributed by atoms with Gasteiger partial charge < -0.3 is 9.80 Å². The van der Waals surface area contributed by atoms with E-state index in [4.69, 9.17) is 0 Å². The fraction of sp³-hybridized carbons (Fsp3) is 0.184. The van der Waals surface area contributed by atoms with Crippen LogP contribution in [0.5, 0.6) is 0 Å². The molecule has 0 heterocycles. The fourth-order valence-corrected chi connectivity index (χ4v) is 13.2. The zero-order valence-corrected chi connectivity index (χ0v) is 47.5. The van der Waals surface area contributed by atoms with E-state index in [1.165, 1.54) is 156 Å². The molecule has 2 heteroatoms. The Balaban J connectivity index is 0.813. The van der Waals surface area contributed by atoms with E-state index < -0.39 is 0 Å². The molecule has 10 aromatic rings. The number of hydrogen-bond donors (Lipinski definition) is 0. The first-order chi connectivity index (χ1) is 37.4. The van der Waals surface area contributed by atoms with E-state index in [1.54, 1.807) is 0 Å². The fourth-order valence-electron chi connectivity index (χ4n) is 13.2. The van der Waals surface area contributed by atoms with Crippen LogP contribution in [0.25, 0.3) is 57.3 Å². The molecule has 0 saturated heterocycles. The molecular formula is C76H70N2. The van der Waals surface area contributed by atoms with Crippen molar-refractivity contribution in [3.05, 3.63) is 271 Å². The van der Waals surface area contributed by atoms with E-state index in [-0.39, 0.29) is 10.8 Å². The van der Waals surface area contributed by atoms with Gasteiger partial charge in [-0.05, 0) is 250 Å². The number of hydrogen-bond acceptors (Lipinski definition) is 2. The normalized spacial score (nSPS) is 13.7. The molecule has 0 radical (unpaired) electrons. The lowest BCUT2D eigenvalue weighted by atomic mass is 9.81. The first kappa shape index (κ1) is 50.4. The highest BCUT2D eigenvalue weighted by Crippen LogP contribution is 2.53. The molecule has 0 bridgehead atoms. The van der Waals surface area contributed by atoms with Crippen LogP contribution in [0.2, 0.25) is 0 Å². The van der Waals surface area contributed by atoms with Gasteiger partial charge in [0.05, 0.1) is 0 Å². The van der Waals surface area contributed by atoms with E-state index in [2.05, 4.69) is 299 Å². The number of anilines is 6. The maximum atomic E-state index is 2.44. The molecule has 12 rings (SSSR count). The van der Waals surface area contributed by atoms with Gasteiger partial charge in [-0.2, -0.15) is 0 Å². The Kier molecular flexibility index (Phi) is 12.4. The lowest BCUT2D eigenvalue weighted by molar-refractivity contribution is 0.660. The lowest BCUT2D eigenvalue weighted by Gasteiger charge is -2.29.